The Labute approximate surface area is 126 Å². The predicted molar refractivity (Wildman–Crippen MR) is 83.8 cm³/mol. The summed E-state index contributed by atoms with van der Waals surface area (Å²) in [7, 11) is 1.63. The molecule has 0 fully saturated rings. The fourth-order valence-electron chi connectivity index (χ4n) is 2.04. The van der Waals surface area contributed by atoms with Gasteiger partial charge in [-0.15, -0.1) is 10.2 Å². The quantitative estimate of drug-likeness (QED) is 0.736. The molecule has 0 aliphatic heterocycles. The topological polar surface area (TPSA) is 78.3 Å². The van der Waals surface area contributed by atoms with Gasteiger partial charge in [0.15, 0.2) is 5.82 Å². The molecule has 0 amide bonds. The lowest BCUT2D eigenvalue weighted by molar-refractivity contribution is 0.415. The van der Waals surface area contributed by atoms with Gasteiger partial charge < -0.3 is 10.5 Å². The number of nitrogen functional groups attached to an aromatic ring is 1. The Morgan fingerprint density at radius 1 is 1.24 bits per heavy atom. The van der Waals surface area contributed by atoms with Gasteiger partial charge in [-0.05, 0) is 18.2 Å². The van der Waals surface area contributed by atoms with Gasteiger partial charge in [0, 0.05) is 16.7 Å². The molecular weight excluding hydrogens is 286 g/mol. The minimum atomic E-state index is -0.120. The third-order valence-electron chi connectivity index (χ3n) is 3.15. The number of rotatable bonds is 2. The van der Waals surface area contributed by atoms with Crippen LogP contribution in [0.5, 0.6) is 5.75 Å². The highest BCUT2D eigenvalue weighted by molar-refractivity contribution is 7.19. The summed E-state index contributed by atoms with van der Waals surface area (Å²) in [5.41, 5.74) is 7.45. The Balaban J connectivity index is 2.16. The highest BCUT2D eigenvalue weighted by Gasteiger charge is 2.24. The first kappa shape index (κ1) is 13.8. The molecule has 3 rings (SSSR count). The van der Waals surface area contributed by atoms with Gasteiger partial charge in [-0.3, -0.25) is 0 Å². The number of benzene rings is 1. The van der Waals surface area contributed by atoms with Crippen LogP contribution in [0.25, 0.3) is 15.5 Å². The van der Waals surface area contributed by atoms with Gasteiger partial charge in [0.25, 0.3) is 0 Å². The molecule has 2 N–H and O–H groups in total. The van der Waals surface area contributed by atoms with E-state index in [0.29, 0.717) is 5.69 Å². The van der Waals surface area contributed by atoms with Crippen molar-refractivity contribution in [3.8, 4) is 16.3 Å². The normalized spacial score (nSPS) is 12.0. The van der Waals surface area contributed by atoms with Crippen LogP contribution in [-0.4, -0.2) is 26.9 Å². The lowest BCUT2D eigenvalue weighted by atomic mass is 9.96. The molecule has 0 aliphatic carbocycles. The van der Waals surface area contributed by atoms with E-state index in [-0.39, 0.29) is 5.41 Å². The largest absolute Gasteiger partial charge is 0.497 e. The Bertz CT molecular complexity index is 799. The van der Waals surface area contributed by atoms with Crippen molar-refractivity contribution in [3.05, 3.63) is 24.0 Å². The van der Waals surface area contributed by atoms with E-state index in [1.165, 1.54) is 11.3 Å². The van der Waals surface area contributed by atoms with Crippen molar-refractivity contribution in [1.29, 1.82) is 0 Å². The molecule has 6 nitrogen and oxygen atoms in total. The van der Waals surface area contributed by atoms with Crippen molar-refractivity contribution in [2.45, 2.75) is 26.2 Å². The molecule has 21 heavy (non-hydrogen) atoms. The fraction of sp³-hybridized carbons (Fsp3) is 0.357. The second-order valence-corrected chi connectivity index (χ2v) is 6.78. The van der Waals surface area contributed by atoms with Gasteiger partial charge in [-0.1, -0.05) is 32.1 Å². The maximum Gasteiger partial charge on any atom is 0.235 e. The first-order valence-corrected chi connectivity index (χ1v) is 7.38. The van der Waals surface area contributed by atoms with Crippen molar-refractivity contribution in [1.82, 2.24) is 19.8 Å². The van der Waals surface area contributed by atoms with E-state index < -0.39 is 0 Å². The van der Waals surface area contributed by atoms with E-state index in [1.54, 1.807) is 11.6 Å². The summed E-state index contributed by atoms with van der Waals surface area (Å²) in [4.78, 5) is 0.761. The maximum atomic E-state index is 6.06. The monoisotopic (exact) mass is 303 g/mol. The van der Waals surface area contributed by atoms with Crippen molar-refractivity contribution < 1.29 is 4.74 Å². The van der Waals surface area contributed by atoms with Crippen LogP contribution in [-0.2, 0) is 5.41 Å². The molecule has 110 valence electrons. The van der Waals surface area contributed by atoms with Crippen LogP contribution in [0.15, 0.2) is 18.2 Å². The molecule has 0 bridgehead atoms. The van der Waals surface area contributed by atoms with E-state index in [9.17, 15) is 0 Å². The summed E-state index contributed by atoms with van der Waals surface area (Å²) in [6, 6.07) is 5.54. The lowest BCUT2D eigenvalue weighted by Gasteiger charge is -2.13. The Morgan fingerprint density at radius 3 is 2.67 bits per heavy atom. The van der Waals surface area contributed by atoms with E-state index in [0.717, 1.165) is 27.1 Å². The molecule has 0 saturated heterocycles. The zero-order valence-electron chi connectivity index (χ0n) is 12.4. The number of ether oxygens (including phenoxy) is 1. The van der Waals surface area contributed by atoms with E-state index in [1.807, 2.05) is 18.2 Å². The number of aromatic nitrogens is 4. The molecule has 0 saturated carbocycles. The summed E-state index contributed by atoms with van der Waals surface area (Å²) >= 11 is 1.46. The van der Waals surface area contributed by atoms with Crippen LogP contribution in [0.4, 0.5) is 5.69 Å². The molecule has 0 spiro atoms. The smallest absolute Gasteiger partial charge is 0.235 e. The maximum absolute atomic E-state index is 6.06. The number of hydrogen-bond donors (Lipinski definition) is 1. The molecule has 7 heteroatoms. The standard InChI is InChI=1S/C14H17N5OS/c1-14(2,3)12-16-17-13-19(12)18-11(21-13)9-7-8(20-4)5-6-10(9)15/h5-7H,15H2,1-4H3. The summed E-state index contributed by atoms with van der Waals surface area (Å²) in [6.45, 7) is 6.26. The van der Waals surface area contributed by atoms with Gasteiger partial charge in [-0.2, -0.15) is 9.61 Å². The Kier molecular flexibility index (Phi) is 3.09. The molecule has 2 heterocycles. The van der Waals surface area contributed by atoms with Crippen LogP contribution in [0.2, 0.25) is 0 Å². The number of hydrogen-bond acceptors (Lipinski definition) is 6. The van der Waals surface area contributed by atoms with Crippen LogP contribution < -0.4 is 10.5 Å². The SMILES string of the molecule is COc1ccc(N)c(-c2nn3c(C(C)(C)C)nnc3s2)c1. The fourth-order valence-corrected chi connectivity index (χ4v) is 2.92. The van der Waals surface area contributed by atoms with Gasteiger partial charge in [0.05, 0.1) is 7.11 Å². The van der Waals surface area contributed by atoms with Crippen molar-refractivity contribution in [2.24, 2.45) is 0 Å². The molecule has 0 aliphatic rings. The minimum absolute atomic E-state index is 0.120. The third-order valence-corrected chi connectivity index (χ3v) is 4.08. The molecule has 0 atom stereocenters. The zero-order chi connectivity index (χ0) is 15.2. The van der Waals surface area contributed by atoms with Crippen LogP contribution in [0, 0.1) is 0 Å². The second-order valence-electron chi connectivity index (χ2n) is 5.83. The average molecular weight is 303 g/mol. The summed E-state index contributed by atoms with van der Waals surface area (Å²) in [5, 5.41) is 13.9. The molecular formula is C14H17N5OS. The first-order chi connectivity index (χ1) is 9.90. The molecule has 3 aromatic rings. The number of fused-ring (bicyclic) bond motifs is 1. The van der Waals surface area contributed by atoms with E-state index in [2.05, 4.69) is 36.1 Å². The van der Waals surface area contributed by atoms with Crippen molar-refractivity contribution in [3.63, 3.8) is 0 Å². The number of anilines is 1. The number of nitrogens with two attached hydrogens (primary N) is 1. The summed E-state index contributed by atoms with van der Waals surface area (Å²) < 4.78 is 7.04. The molecule has 2 aromatic heterocycles. The number of methoxy groups -OCH3 is 1. The second kappa shape index (κ2) is 4.70. The van der Waals surface area contributed by atoms with E-state index >= 15 is 0 Å². The zero-order valence-corrected chi connectivity index (χ0v) is 13.2. The van der Waals surface area contributed by atoms with Gasteiger partial charge >= 0.3 is 0 Å². The van der Waals surface area contributed by atoms with Crippen molar-refractivity contribution in [2.75, 3.05) is 12.8 Å². The molecule has 0 radical (unpaired) electrons. The highest BCUT2D eigenvalue weighted by Crippen LogP contribution is 2.33. The first-order valence-electron chi connectivity index (χ1n) is 6.57. The molecule has 1 aromatic carbocycles. The highest BCUT2D eigenvalue weighted by atomic mass is 32.1. The minimum Gasteiger partial charge on any atom is -0.497 e. The lowest BCUT2D eigenvalue weighted by Crippen LogP contribution is -2.16. The van der Waals surface area contributed by atoms with Gasteiger partial charge in [-0.25, -0.2) is 0 Å². The average Bonchev–Trinajstić information content (AvgIpc) is 2.97. The van der Waals surface area contributed by atoms with Crippen LogP contribution in [0.1, 0.15) is 26.6 Å². The number of nitrogens with zero attached hydrogens (tertiary/aromatic N) is 4. The Morgan fingerprint density at radius 2 is 2.00 bits per heavy atom. The Hall–Kier alpha value is -2.15. The van der Waals surface area contributed by atoms with Crippen LogP contribution >= 0.6 is 11.3 Å². The van der Waals surface area contributed by atoms with Gasteiger partial charge in [0.1, 0.15) is 10.8 Å². The van der Waals surface area contributed by atoms with Gasteiger partial charge in [0.2, 0.25) is 4.96 Å². The summed E-state index contributed by atoms with van der Waals surface area (Å²) in [6.07, 6.45) is 0. The summed E-state index contributed by atoms with van der Waals surface area (Å²) in [5.74, 6) is 1.59. The predicted octanol–water partition coefficient (Wildman–Crippen LogP) is 2.74. The third kappa shape index (κ3) is 2.33. The molecule has 0 unspecified atom stereocenters. The van der Waals surface area contributed by atoms with Crippen molar-refractivity contribution >= 4 is 22.0 Å². The van der Waals surface area contributed by atoms with Crippen LogP contribution in [0.3, 0.4) is 0 Å². The van der Waals surface area contributed by atoms with E-state index in [4.69, 9.17) is 10.5 Å².